The second kappa shape index (κ2) is 10.1. The van der Waals surface area contributed by atoms with Gasteiger partial charge in [0, 0.05) is 13.8 Å². The van der Waals surface area contributed by atoms with Crippen LogP contribution in [0.3, 0.4) is 0 Å². The summed E-state index contributed by atoms with van der Waals surface area (Å²) in [6, 6.07) is 0. The number of hydrogen-bond acceptors (Lipinski definition) is 13. The first-order valence-corrected chi connectivity index (χ1v) is 8.84. The van der Waals surface area contributed by atoms with Gasteiger partial charge >= 0.3 is 11.9 Å². The first kappa shape index (κ1) is 23.9. The molecule has 0 radical (unpaired) electrons. The molecule has 0 bridgehead atoms. The van der Waals surface area contributed by atoms with Gasteiger partial charge in [0.05, 0.1) is 0 Å². The van der Waals surface area contributed by atoms with E-state index in [0.29, 0.717) is 0 Å². The van der Waals surface area contributed by atoms with E-state index in [9.17, 15) is 40.2 Å². The maximum absolute atomic E-state index is 11.1. The van der Waals surface area contributed by atoms with Crippen LogP contribution >= 0.6 is 0 Å². The molecule has 2 aliphatic rings. The van der Waals surface area contributed by atoms with Crippen LogP contribution in [0.1, 0.15) is 13.8 Å². The van der Waals surface area contributed by atoms with E-state index >= 15 is 0 Å². The van der Waals surface area contributed by atoms with E-state index in [1.807, 2.05) is 0 Å². The average Bonchev–Trinajstić information content (AvgIpc) is 2.65. The van der Waals surface area contributed by atoms with Gasteiger partial charge in [-0.2, -0.15) is 0 Å². The topological polar surface area (TPSA) is 202 Å². The highest BCUT2D eigenvalue weighted by molar-refractivity contribution is 5.66. The van der Waals surface area contributed by atoms with Crippen LogP contribution in [0.15, 0.2) is 0 Å². The lowest BCUT2D eigenvalue weighted by Gasteiger charge is -2.45. The normalized spacial score (nSPS) is 42.9. The van der Waals surface area contributed by atoms with Crippen LogP contribution in [0, 0.1) is 0 Å². The summed E-state index contributed by atoms with van der Waals surface area (Å²) in [4.78, 5) is 22.0. The van der Waals surface area contributed by atoms with Crippen molar-refractivity contribution in [3.63, 3.8) is 0 Å². The molecule has 0 aliphatic carbocycles. The van der Waals surface area contributed by atoms with E-state index in [0.717, 1.165) is 13.8 Å². The van der Waals surface area contributed by atoms with Crippen LogP contribution in [0.4, 0.5) is 0 Å². The number of hydrogen-bond donors (Lipinski definition) is 6. The minimum atomic E-state index is -1.80. The Kier molecular flexibility index (Phi) is 8.28. The molecule has 0 spiro atoms. The van der Waals surface area contributed by atoms with Gasteiger partial charge in [-0.15, -0.1) is 0 Å². The third-order valence-corrected chi connectivity index (χ3v) is 4.52. The SMILES string of the molecule is CC(=O)OCC1OC(OC2C(COC(C)=O)OC(O)C(O)C2O)C(O)C(O)C1O. The van der Waals surface area contributed by atoms with E-state index in [1.165, 1.54) is 0 Å². The zero-order valence-corrected chi connectivity index (χ0v) is 15.7. The molecule has 2 heterocycles. The first-order valence-electron chi connectivity index (χ1n) is 8.84. The molecule has 6 N–H and O–H groups in total. The molecule has 10 unspecified atom stereocenters. The Hall–Kier alpha value is -1.42. The quantitative estimate of drug-likeness (QED) is 0.223. The smallest absolute Gasteiger partial charge is 0.302 e. The molecular formula is C16H26O13. The first-order chi connectivity index (χ1) is 13.5. The largest absolute Gasteiger partial charge is 0.463 e. The third kappa shape index (κ3) is 5.81. The monoisotopic (exact) mass is 426 g/mol. The van der Waals surface area contributed by atoms with Gasteiger partial charge in [-0.1, -0.05) is 0 Å². The Morgan fingerprint density at radius 3 is 1.83 bits per heavy atom. The lowest BCUT2D eigenvalue weighted by atomic mass is 9.97. The number of aliphatic hydroxyl groups excluding tert-OH is 6. The molecule has 0 saturated carbocycles. The van der Waals surface area contributed by atoms with Crippen LogP contribution in [0.25, 0.3) is 0 Å². The maximum Gasteiger partial charge on any atom is 0.302 e. The number of carbonyl (C=O) groups excluding carboxylic acids is 2. The van der Waals surface area contributed by atoms with Crippen molar-refractivity contribution in [1.29, 1.82) is 0 Å². The lowest BCUT2D eigenvalue weighted by molar-refractivity contribution is -0.355. The zero-order valence-electron chi connectivity index (χ0n) is 15.7. The van der Waals surface area contributed by atoms with E-state index in [-0.39, 0.29) is 0 Å². The minimum Gasteiger partial charge on any atom is -0.463 e. The minimum absolute atomic E-state index is 0.456. The molecule has 2 aliphatic heterocycles. The molecule has 0 amide bonds. The van der Waals surface area contributed by atoms with Crippen LogP contribution < -0.4 is 0 Å². The van der Waals surface area contributed by atoms with Gasteiger partial charge in [0.25, 0.3) is 0 Å². The van der Waals surface area contributed by atoms with Crippen molar-refractivity contribution in [2.45, 2.75) is 75.3 Å². The molecule has 13 nitrogen and oxygen atoms in total. The molecular weight excluding hydrogens is 400 g/mol. The number of ether oxygens (including phenoxy) is 5. The molecule has 13 heteroatoms. The molecule has 0 aromatic rings. The summed E-state index contributed by atoms with van der Waals surface area (Å²) in [6.07, 6.45) is -16.1. The molecule has 2 saturated heterocycles. The molecule has 10 atom stereocenters. The van der Waals surface area contributed by atoms with Crippen molar-refractivity contribution in [3.8, 4) is 0 Å². The summed E-state index contributed by atoms with van der Waals surface area (Å²) < 4.78 is 25.4. The highest BCUT2D eigenvalue weighted by atomic mass is 16.7. The third-order valence-electron chi connectivity index (χ3n) is 4.52. The fourth-order valence-corrected chi connectivity index (χ4v) is 2.94. The van der Waals surface area contributed by atoms with E-state index in [4.69, 9.17) is 23.7 Å². The van der Waals surface area contributed by atoms with Crippen molar-refractivity contribution in [3.05, 3.63) is 0 Å². The summed E-state index contributed by atoms with van der Waals surface area (Å²) in [6.45, 7) is 1.32. The van der Waals surface area contributed by atoms with Gasteiger partial charge in [-0.25, -0.2) is 0 Å². The Morgan fingerprint density at radius 1 is 0.724 bits per heavy atom. The summed E-state index contributed by atoms with van der Waals surface area (Å²) >= 11 is 0. The zero-order chi connectivity index (χ0) is 21.9. The standard InChI is InChI=1S/C16H26O13/c1-5(17)25-3-7-9(19)10(20)13(23)16(28-7)29-14-8(4-26-6(2)18)27-15(24)12(22)11(14)21/h7-16,19-24H,3-4H2,1-2H3. The Morgan fingerprint density at radius 2 is 1.28 bits per heavy atom. The van der Waals surface area contributed by atoms with Gasteiger partial charge in [0.2, 0.25) is 0 Å². The molecule has 2 rings (SSSR count). The van der Waals surface area contributed by atoms with Crippen molar-refractivity contribution in [2.75, 3.05) is 13.2 Å². The van der Waals surface area contributed by atoms with E-state index < -0.39 is 86.6 Å². The van der Waals surface area contributed by atoms with E-state index in [1.54, 1.807) is 0 Å². The fraction of sp³-hybridized carbons (Fsp3) is 0.875. The molecule has 2 fully saturated rings. The van der Waals surface area contributed by atoms with Gasteiger partial charge < -0.3 is 54.3 Å². The van der Waals surface area contributed by atoms with Crippen molar-refractivity contribution in [1.82, 2.24) is 0 Å². The second-order valence-electron chi connectivity index (χ2n) is 6.77. The average molecular weight is 426 g/mol. The van der Waals surface area contributed by atoms with Gasteiger partial charge in [-0.05, 0) is 0 Å². The molecule has 0 aromatic carbocycles. The second-order valence-corrected chi connectivity index (χ2v) is 6.77. The van der Waals surface area contributed by atoms with Gasteiger partial charge in [0.15, 0.2) is 12.6 Å². The number of carbonyl (C=O) groups is 2. The van der Waals surface area contributed by atoms with Crippen molar-refractivity contribution < 1.29 is 63.9 Å². The van der Waals surface area contributed by atoms with E-state index in [2.05, 4.69) is 0 Å². The van der Waals surface area contributed by atoms with Gasteiger partial charge in [0.1, 0.15) is 62.0 Å². The maximum atomic E-state index is 11.1. The van der Waals surface area contributed by atoms with Crippen LogP contribution in [0.5, 0.6) is 0 Å². The number of rotatable bonds is 6. The summed E-state index contributed by atoms with van der Waals surface area (Å²) in [5, 5.41) is 59.9. The number of aliphatic hydroxyl groups is 6. The highest BCUT2D eigenvalue weighted by Crippen LogP contribution is 2.29. The highest BCUT2D eigenvalue weighted by Gasteiger charge is 2.50. The van der Waals surface area contributed by atoms with Crippen LogP contribution in [-0.2, 0) is 33.3 Å². The summed E-state index contributed by atoms with van der Waals surface area (Å²) in [5.74, 6) is -1.36. The Bertz CT molecular complexity index is 571. The fourth-order valence-electron chi connectivity index (χ4n) is 2.94. The van der Waals surface area contributed by atoms with Gasteiger partial charge in [-0.3, -0.25) is 9.59 Å². The predicted octanol–water partition coefficient (Wildman–Crippen LogP) is -4.26. The van der Waals surface area contributed by atoms with Crippen LogP contribution in [0.2, 0.25) is 0 Å². The summed E-state index contributed by atoms with van der Waals surface area (Å²) in [7, 11) is 0. The predicted molar refractivity (Wildman–Crippen MR) is 87.7 cm³/mol. The number of esters is 2. The molecule has 29 heavy (non-hydrogen) atoms. The lowest BCUT2D eigenvalue weighted by Crippen LogP contribution is -2.64. The van der Waals surface area contributed by atoms with Crippen molar-refractivity contribution in [2.24, 2.45) is 0 Å². The Balaban J connectivity index is 2.14. The summed E-state index contributed by atoms with van der Waals surface area (Å²) in [5.41, 5.74) is 0. The Labute approximate surface area is 165 Å². The molecule has 168 valence electrons. The molecule has 0 aromatic heterocycles. The van der Waals surface area contributed by atoms with Crippen LogP contribution in [-0.4, -0.2) is 117 Å². The van der Waals surface area contributed by atoms with Crippen molar-refractivity contribution >= 4 is 11.9 Å².